The Morgan fingerprint density at radius 2 is 1.75 bits per heavy atom. The number of nitrogens with zero attached hydrogens (tertiary/aromatic N) is 2. The van der Waals surface area contributed by atoms with E-state index in [-0.39, 0.29) is 0 Å². The average molecular weight is 209 g/mol. The van der Waals surface area contributed by atoms with Crippen molar-refractivity contribution in [1.29, 1.82) is 0 Å². The van der Waals surface area contributed by atoms with Gasteiger partial charge in [0.05, 0.1) is 0 Å². The summed E-state index contributed by atoms with van der Waals surface area (Å²) in [6.07, 6.45) is 5.71. The zero-order valence-corrected chi connectivity index (χ0v) is 8.67. The second kappa shape index (κ2) is 3.70. The highest BCUT2D eigenvalue weighted by molar-refractivity contribution is 5.91. The average Bonchev–Trinajstić information content (AvgIpc) is 2.82. The minimum atomic E-state index is 0.870. The molecule has 16 heavy (non-hydrogen) atoms. The van der Waals surface area contributed by atoms with Crippen LogP contribution in [0.2, 0.25) is 0 Å². The molecule has 0 fully saturated rings. The molecule has 1 N–H and O–H groups in total. The molecule has 0 aliphatic heterocycles. The van der Waals surface area contributed by atoms with Gasteiger partial charge in [-0.05, 0) is 23.6 Å². The van der Waals surface area contributed by atoms with E-state index in [2.05, 4.69) is 22.5 Å². The Labute approximate surface area is 93.3 Å². The van der Waals surface area contributed by atoms with E-state index < -0.39 is 0 Å². The van der Waals surface area contributed by atoms with Gasteiger partial charge in [0.1, 0.15) is 0 Å². The summed E-state index contributed by atoms with van der Waals surface area (Å²) in [7, 11) is 0. The smallest absolute Gasteiger partial charge is 0.152 e. The fraction of sp³-hybridized carbons (Fsp3) is 0. The van der Waals surface area contributed by atoms with Gasteiger partial charge in [-0.15, -0.1) is 0 Å². The highest BCUT2D eigenvalue weighted by Gasteiger charge is 2.00. The molecular formula is C13H11N3. The number of fused-ring (bicyclic) bond motifs is 1. The molecule has 0 spiro atoms. The van der Waals surface area contributed by atoms with Crippen LogP contribution in [-0.4, -0.2) is 9.66 Å². The Hall–Kier alpha value is -2.29. The van der Waals surface area contributed by atoms with E-state index in [0.29, 0.717) is 0 Å². The molecule has 0 saturated heterocycles. The monoisotopic (exact) mass is 209 g/mol. The Morgan fingerprint density at radius 1 is 0.938 bits per heavy atom. The number of nitrogens with one attached hydrogen (secondary N) is 1. The zero-order valence-electron chi connectivity index (χ0n) is 8.67. The van der Waals surface area contributed by atoms with E-state index in [0.717, 1.165) is 11.2 Å². The third kappa shape index (κ3) is 1.52. The van der Waals surface area contributed by atoms with E-state index in [4.69, 9.17) is 0 Å². The summed E-state index contributed by atoms with van der Waals surface area (Å²) < 4.78 is 1.88. The number of pyridine rings is 1. The van der Waals surface area contributed by atoms with Crippen LogP contribution in [0.5, 0.6) is 0 Å². The van der Waals surface area contributed by atoms with Gasteiger partial charge in [-0.1, -0.05) is 24.3 Å². The second-order valence-corrected chi connectivity index (χ2v) is 3.58. The van der Waals surface area contributed by atoms with Gasteiger partial charge in [0.15, 0.2) is 5.82 Å². The largest absolute Gasteiger partial charge is 0.278 e. The van der Waals surface area contributed by atoms with Crippen molar-refractivity contribution in [2.75, 3.05) is 5.43 Å². The highest BCUT2D eigenvalue weighted by Crippen LogP contribution is 2.20. The van der Waals surface area contributed by atoms with Crippen molar-refractivity contribution in [3.8, 4) is 0 Å². The van der Waals surface area contributed by atoms with E-state index in [1.807, 2.05) is 53.6 Å². The molecule has 3 aromatic rings. The van der Waals surface area contributed by atoms with Gasteiger partial charge in [-0.25, -0.2) is 4.98 Å². The molecule has 0 bridgehead atoms. The Kier molecular flexibility index (Phi) is 2.07. The minimum Gasteiger partial charge on any atom is -0.278 e. The Balaban J connectivity index is 2.10. The summed E-state index contributed by atoms with van der Waals surface area (Å²) in [6, 6.07) is 14.1. The third-order valence-corrected chi connectivity index (χ3v) is 2.51. The lowest BCUT2D eigenvalue weighted by Crippen LogP contribution is -2.07. The first kappa shape index (κ1) is 8.97. The molecule has 0 atom stereocenters. The first-order chi connectivity index (χ1) is 7.93. The SMILES string of the molecule is c1ccc2c(Nn3cccc3)nccc2c1. The van der Waals surface area contributed by atoms with E-state index in [1.54, 1.807) is 0 Å². The van der Waals surface area contributed by atoms with Crippen LogP contribution in [0.15, 0.2) is 61.1 Å². The van der Waals surface area contributed by atoms with E-state index in [1.165, 1.54) is 5.39 Å². The maximum Gasteiger partial charge on any atom is 0.152 e. The lowest BCUT2D eigenvalue weighted by molar-refractivity contribution is 0.958. The molecule has 2 aromatic heterocycles. The Bertz CT molecular complexity index is 594. The van der Waals surface area contributed by atoms with Crippen molar-refractivity contribution in [3.05, 3.63) is 61.1 Å². The topological polar surface area (TPSA) is 29.9 Å². The number of rotatable bonds is 2. The van der Waals surface area contributed by atoms with Crippen LogP contribution in [0.3, 0.4) is 0 Å². The molecule has 78 valence electrons. The predicted molar refractivity (Wildman–Crippen MR) is 65.2 cm³/mol. The second-order valence-electron chi connectivity index (χ2n) is 3.58. The number of hydrogen-bond acceptors (Lipinski definition) is 2. The molecule has 0 aliphatic rings. The molecule has 2 heterocycles. The molecule has 3 heteroatoms. The molecule has 0 radical (unpaired) electrons. The van der Waals surface area contributed by atoms with Gasteiger partial charge >= 0.3 is 0 Å². The van der Waals surface area contributed by atoms with Crippen LogP contribution >= 0.6 is 0 Å². The van der Waals surface area contributed by atoms with Crippen LogP contribution in [0.25, 0.3) is 10.8 Å². The number of benzene rings is 1. The van der Waals surface area contributed by atoms with Crippen molar-refractivity contribution in [1.82, 2.24) is 9.66 Å². The van der Waals surface area contributed by atoms with Gasteiger partial charge < -0.3 is 0 Å². The van der Waals surface area contributed by atoms with Crippen molar-refractivity contribution < 1.29 is 0 Å². The van der Waals surface area contributed by atoms with Crippen molar-refractivity contribution in [3.63, 3.8) is 0 Å². The standard InChI is InChI=1S/C13H11N3/c1-2-6-12-11(5-1)7-8-14-13(12)15-16-9-3-4-10-16/h1-10H,(H,14,15). The summed E-state index contributed by atoms with van der Waals surface area (Å²) >= 11 is 0. The van der Waals surface area contributed by atoms with E-state index in [9.17, 15) is 0 Å². The summed E-state index contributed by atoms with van der Waals surface area (Å²) in [6.45, 7) is 0. The van der Waals surface area contributed by atoms with Gasteiger partial charge in [-0.2, -0.15) is 0 Å². The lowest BCUT2D eigenvalue weighted by atomic mass is 10.2. The van der Waals surface area contributed by atoms with Gasteiger partial charge in [0, 0.05) is 24.0 Å². The fourth-order valence-corrected chi connectivity index (χ4v) is 1.74. The van der Waals surface area contributed by atoms with Crippen molar-refractivity contribution in [2.24, 2.45) is 0 Å². The van der Waals surface area contributed by atoms with Crippen LogP contribution in [0.1, 0.15) is 0 Å². The summed E-state index contributed by atoms with van der Waals surface area (Å²) in [5, 5.41) is 2.31. The summed E-state index contributed by atoms with van der Waals surface area (Å²) in [5.41, 5.74) is 3.23. The van der Waals surface area contributed by atoms with Gasteiger partial charge in [0.25, 0.3) is 0 Å². The first-order valence-corrected chi connectivity index (χ1v) is 5.17. The molecule has 1 aromatic carbocycles. The van der Waals surface area contributed by atoms with Crippen LogP contribution < -0.4 is 5.43 Å². The highest BCUT2D eigenvalue weighted by atomic mass is 15.4. The molecule has 0 unspecified atom stereocenters. The number of anilines is 1. The van der Waals surface area contributed by atoms with Crippen LogP contribution in [0.4, 0.5) is 5.82 Å². The van der Waals surface area contributed by atoms with Crippen LogP contribution in [-0.2, 0) is 0 Å². The minimum absolute atomic E-state index is 0.870. The molecular weight excluding hydrogens is 198 g/mol. The molecule has 3 rings (SSSR count). The van der Waals surface area contributed by atoms with Crippen molar-refractivity contribution >= 4 is 16.6 Å². The summed E-state index contributed by atoms with van der Waals surface area (Å²) in [4.78, 5) is 4.35. The van der Waals surface area contributed by atoms with Gasteiger partial charge in [-0.3, -0.25) is 10.1 Å². The third-order valence-electron chi connectivity index (χ3n) is 2.51. The predicted octanol–water partition coefficient (Wildman–Crippen LogP) is 2.91. The fourth-order valence-electron chi connectivity index (χ4n) is 1.74. The summed E-state index contributed by atoms with van der Waals surface area (Å²) in [5.74, 6) is 0.870. The molecule has 0 saturated carbocycles. The lowest BCUT2D eigenvalue weighted by Gasteiger charge is -2.08. The Morgan fingerprint density at radius 3 is 2.62 bits per heavy atom. The normalized spacial score (nSPS) is 10.5. The maximum absolute atomic E-state index is 4.35. The van der Waals surface area contributed by atoms with Crippen molar-refractivity contribution in [2.45, 2.75) is 0 Å². The van der Waals surface area contributed by atoms with Crippen LogP contribution in [0, 0.1) is 0 Å². The zero-order chi connectivity index (χ0) is 10.8. The van der Waals surface area contributed by atoms with E-state index >= 15 is 0 Å². The van der Waals surface area contributed by atoms with Gasteiger partial charge in [0.2, 0.25) is 0 Å². The number of aromatic nitrogens is 2. The quantitative estimate of drug-likeness (QED) is 0.703. The first-order valence-electron chi connectivity index (χ1n) is 5.17. The molecule has 0 amide bonds. The number of hydrogen-bond donors (Lipinski definition) is 1. The molecule has 0 aliphatic carbocycles. The maximum atomic E-state index is 4.35. The molecule has 3 nitrogen and oxygen atoms in total.